The van der Waals surface area contributed by atoms with Gasteiger partial charge in [-0.3, -0.25) is 14.8 Å². The van der Waals surface area contributed by atoms with Crippen molar-refractivity contribution in [2.24, 2.45) is 28.2 Å². The highest BCUT2D eigenvalue weighted by Crippen LogP contribution is 2.58. The molecule has 4 saturated carbocycles. The summed E-state index contributed by atoms with van der Waals surface area (Å²) in [6.45, 7) is 7.07. The van der Waals surface area contributed by atoms with E-state index in [1.807, 2.05) is 0 Å². The fourth-order valence-corrected chi connectivity index (χ4v) is 8.27. The Morgan fingerprint density at radius 1 is 0.900 bits per heavy atom. The lowest BCUT2D eigenvalue weighted by atomic mass is 9.53. The van der Waals surface area contributed by atoms with Crippen LogP contribution in [0.1, 0.15) is 65.2 Å². The van der Waals surface area contributed by atoms with Crippen LogP contribution in [0.3, 0.4) is 0 Å². The molecule has 3 nitrogen and oxygen atoms in total. The number of rotatable bonds is 3. The van der Waals surface area contributed by atoms with Crippen molar-refractivity contribution in [2.75, 3.05) is 18.0 Å². The molecule has 0 amide bonds. The van der Waals surface area contributed by atoms with Crippen molar-refractivity contribution in [2.45, 2.75) is 76.8 Å². The molecule has 0 unspecified atom stereocenters. The van der Waals surface area contributed by atoms with E-state index >= 15 is 0 Å². The van der Waals surface area contributed by atoms with Gasteiger partial charge < -0.3 is 0 Å². The van der Waals surface area contributed by atoms with E-state index < -0.39 is 0 Å². The second-order valence-corrected chi connectivity index (χ2v) is 11.8. The summed E-state index contributed by atoms with van der Waals surface area (Å²) >= 11 is 6.18. The summed E-state index contributed by atoms with van der Waals surface area (Å²) in [6, 6.07) is 11.1. The standard InChI is InChI=1S/C26H35N3S/c1-25(2)22(28-10-6-7-11-28)23(29(24(25)30)21-8-4-3-5-9-21)27-26-15-18-12-19(16-26)14-20(13-18)17-26/h3-5,8-9,18-20,22H,6-7,10-17H2,1-2H3/t18?,19?,20?,22-,26?/m0/s1. The van der Waals surface area contributed by atoms with E-state index in [1.165, 1.54) is 76.0 Å². The average molecular weight is 422 g/mol. The third-order valence-corrected chi connectivity index (χ3v) is 9.50. The summed E-state index contributed by atoms with van der Waals surface area (Å²) in [5.41, 5.74) is 1.29. The summed E-state index contributed by atoms with van der Waals surface area (Å²) in [7, 11) is 0. The zero-order valence-electron chi connectivity index (χ0n) is 18.5. The van der Waals surface area contributed by atoms with E-state index in [0.717, 1.165) is 22.7 Å². The largest absolute Gasteiger partial charge is 0.293 e. The van der Waals surface area contributed by atoms with E-state index in [-0.39, 0.29) is 11.0 Å². The van der Waals surface area contributed by atoms with E-state index in [0.29, 0.717) is 6.04 Å². The molecule has 6 aliphatic rings. The Morgan fingerprint density at radius 3 is 2.03 bits per heavy atom. The van der Waals surface area contributed by atoms with Gasteiger partial charge in [0, 0.05) is 11.1 Å². The van der Waals surface area contributed by atoms with Crippen molar-refractivity contribution in [3.8, 4) is 0 Å². The second kappa shape index (κ2) is 6.87. The van der Waals surface area contributed by atoms with E-state index in [1.54, 1.807) is 0 Å². The van der Waals surface area contributed by atoms with Gasteiger partial charge in [-0.2, -0.15) is 0 Å². The number of benzene rings is 1. The minimum Gasteiger partial charge on any atom is -0.293 e. The van der Waals surface area contributed by atoms with Crippen LogP contribution in [-0.4, -0.2) is 40.4 Å². The first-order chi connectivity index (χ1) is 14.5. The second-order valence-electron chi connectivity index (χ2n) is 11.5. The van der Waals surface area contributed by atoms with Crippen LogP contribution < -0.4 is 4.90 Å². The average Bonchev–Trinajstić information content (AvgIpc) is 3.27. The fourth-order valence-electron chi connectivity index (χ4n) is 7.96. The van der Waals surface area contributed by atoms with Crippen LogP contribution in [0.4, 0.5) is 5.69 Å². The van der Waals surface area contributed by atoms with Crippen LogP contribution in [0.25, 0.3) is 0 Å². The third-order valence-electron chi connectivity index (χ3n) is 8.79. The lowest BCUT2D eigenvalue weighted by Crippen LogP contribution is -2.52. The molecule has 0 radical (unpaired) electrons. The van der Waals surface area contributed by atoms with Crippen LogP contribution in [0, 0.1) is 23.2 Å². The number of aliphatic imine (C=N–C) groups is 1. The highest BCUT2D eigenvalue weighted by molar-refractivity contribution is 7.80. The minimum atomic E-state index is -0.0728. The molecule has 7 rings (SSSR count). The summed E-state index contributed by atoms with van der Waals surface area (Å²) in [6.07, 6.45) is 10.9. The van der Waals surface area contributed by atoms with Crippen molar-refractivity contribution in [1.29, 1.82) is 0 Å². The van der Waals surface area contributed by atoms with Gasteiger partial charge in [0.1, 0.15) is 5.84 Å². The van der Waals surface area contributed by atoms with Crippen LogP contribution >= 0.6 is 12.2 Å². The van der Waals surface area contributed by atoms with Crippen LogP contribution in [-0.2, 0) is 0 Å². The Hall–Kier alpha value is -1.26. The Morgan fingerprint density at radius 2 is 1.47 bits per heavy atom. The molecular formula is C26H35N3S. The molecule has 1 aromatic carbocycles. The van der Waals surface area contributed by atoms with Crippen LogP contribution in [0.5, 0.6) is 0 Å². The molecule has 1 aromatic rings. The van der Waals surface area contributed by atoms with Gasteiger partial charge in [0.15, 0.2) is 0 Å². The molecule has 6 fully saturated rings. The summed E-state index contributed by atoms with van der Waals surface area (Å²) in [4.78, 5) is 11.9. The normalized spacial score (nSPS) is 41.3. The summed E-state index contributed by atoms with van der Waals surface area (Å²) < 4.78 is 0. The zero-order chi connectivity index (χ0) is 20.5. The molecule has 4 heteroatoms. The predicted molar refractivity (Wildman–Crippen MR) is 128 cm³/mol. The quantitative estimate of drug-likeness (QED) is 0.584. The number of thiocarbonyl (C=S) groups is 1. The predicted octanol–water partition coefficient (Wildman–Crippen LogP) is 5.69. The van der Waals surface area contributed by atoms with Crippen molar-refractivity contribution < 1.29 is 0 Å². The lowest BCUT2D eigenvalue weighted by Gasteiger charge is -2.55. The lowest BCUT2D eigenvalue weighted by molar-refractivity contribution is 0.00125. The van der Waals surface area contributed by atoms with Crippen molar-refractivity contribution in [3.63, 3.8) is 0 Å². The molecule has 160 valence electrons. The number of para-hydroxylation sites is 1. The number of likely N-dealkylation sites (tertiary alicyclic amines) is 1. The topological polar surface area (TPSA) is 18.8 Å². The van der Waals surface area contributed by atoms with Gasteiger partial charge in [-0.05, 0) is 94.3 Å². The SMILES string of the molecule is CC1(C)C(=S)N(c2ccccc2)C(=NC23CC4CC(CC(C4)C2)C3)[C@@H]1N1CCCC1. The number of anilines is 1. The monoisotopic (exact) mass is 421 g/mol. The number of hydrogen-bond donors (Lipinski definition) is 0. The van der Waals surface area contributed by atoms with Gasteiger partial charge in [0.25, 0.3) is 0 Å². The highest BCUT2D eigenvalue weighted by atomic mass is 32.1. The van der Waals surface area contributed by atoms with E-state index in [4.69, 9.17) is 17.2 Å². The third kappa shape index (κ3) is 2.93. The zero-order valence-corrected chi connectivity index (χ0v) is 19.3. The molecule has 0 N–H and O–H groups in total. The molecule has 2 aliphatic heterocycles. The molecule has 2 heterocycles. The Bertz CT molecular complexity index is 832. The Labute approximate surface area is 186 Å². The van der Waals surface area contributed by atoms with Gasteiger partial charge in [-0.25, -0.2) is 0 Å². The Balaban J connectivity index is 1.48. The number of amidine groups is 1. The van der Waals surface area contributed by atoms with Gasteiger partial charge >= 0.3 is 0 Å². The van der Waals surface area contributed by atoms with Gasteiger partial charge in [-0.1, -0.05) is 44.3 Å². The minimum absolute atomic E-state index is 0.0728. The van der Waals surface area contributed by atoms with Crippen LogP contribution in [0.15, 0.2) is 35.3 Å². The molecule has 2 saturated heterocycles. The molecule has 0 spiro atoms. The fraction of sp³-hybridized carbons (Fsp3) is 0.692. The van der Waals surface area contributed by atoms with Crippen LogP contribution in [0.2, 0.25) is 0 Å². The van der Waals surface area contributed by atoms with E-state index in [2.05, 4.69) is 54.0 Å². The maximum atomic E-state index is 6.18. The molecule has 1 atom stereocenters. The van der Waals surface area contributed by atoms with Gasteiger partial charge in [0.05, 0.1) is 16.6 Å². The first-order valence-corrected chi connectivity index (χ1v) is 12.6. The molecule has 4 bridgehead atoms. The number of hydrogen-bond acceptors (Lipinski definition) is 3. The summed E-state index contributed by atoms with van der Waals surface area (Å²) in [5, 5.41) is 0. The first kappa shape index (κ1) is 19.4. The molecular weight excluding hydrogens is 386 g/mol. The molecule has 30 heavy (non-hydrogen) atoms. The van der Waals surface area contributed by atoms with Gasteiger partial charge in [0.2, 0.25) is 0 Å². The van der Waals surface area contributed by atoms with Crippen molar-refractivity contribution in [3.05, 3.63) is 30.3 Å². The maximum Gasteiger partial charge on any atom is 0.127 e. The van der Waals surface area contributed by atoms with E-state index in [9.17, 15) is 0 Å². The smallest absolute Gasteiger partial charge is 0.127 e. The van der Waals surface area contributed by atoms with Crippen molar-refractivity contribution >= 4 is 28.7 Å². The van der Waals surface area contributed by atoms with Crippen molar-refractivity contribution in [1.82, 2.24) is 4.90 Å². The molecule has 0 aromatic heterocycles. The summed E-state index contributed by atoms with van der Waals surface area (Å²) in [5.74, 6) is 4.01. The number of nitrogens with zero attached hydrogens (tertiary/aromatic N) is 3. The maximum absolute atomic E-state index is 6.18. The molecule has 4 aliphatic carbocycles. The highest BCUT2D eigenvalue weighted by Gasteiger charge is 2.56. The van der Waals surface area contributed by atoms with Gasteiger partial charge in [-0.15, -0.1) is 0 Å². The first-order valence-electron chi connectivity index (χ1n) is 12.2. The Kier molecular flexibility index (Phi) is 4.45.